The normalized spacial score (nSPS) is 12.0. The van der Waals surface area contributed by atoms with Crippen LogP contribution in [-0.2, 0) is 28.1 Å². The van der Waals surface area contributed by atoms with Crippen molar-refractivity contribution < 1.29 is 28.1 Å². The van der Waals surface area contributed by atoms with Crippen LogP contribution in [0.3, 0.4) is 0 Å². The maximum atomic E-state index is 5.68. The van der Waals surface area contributed by atoms with Gasteiger partial charge in [-0.25, -0.2) is 0 Å². The molecule has 9 heavy (non-hydrogen) atoms. The molecule has 0 aromatic carbocycles. The van der Waals surface area contributed by atoms with E-state index in [-0.39, 0.29) is 0 Å². The van der Waals surface area contributed by atoms with E-state index in [1.807, 2.05) is 13.8 Å². The Kier molecular flexibility index (Phi) is 6.49. The van der Waals surface area contributed by atoms with Crippen LogP contribution in [0.5, 0.6) is 0 Å². The fraction of sp³-hybridized carbons (Fsp3) is 0.600. The van der Waals surface area contributed by atoms with Gasteiger partial charge in [-0.1, -0.05) is 0 Å². The van der Waals surface area contributed by atoms with E-state index in [2.05, 4.69) is 0 Å². The van der Waals surface area contributed by atoms with E-state index in [1.165, 1.54) is 0 Å². The van der Waals surface area contributed by atoms with E-state index in [1.54, 1.807) is 0 Å². The van der Waals surface area contributed by atoms with E-state index in [9.17, 15) is 0 Å². The molecule has 50 valence electrons. The first-order valence-corrected chi connectivity index (χ1v) is 12.7. The number of hydrogen-bond acceptors (Lipinski definition) is 1. The molecule has 0 N–H and O–H groups in total. The zero-order chi connectivity index (χ0) is 7.28. The second-order valence-electron chi connectivity index (χ2n) is 1.62. The van der Waals surface area contributed by atoms with Crippen LogP contribution >= 0.6 is 19.9 Å². The summed E-state index contributed by atoms with van der Waals surface area (Å²) in [5.41, 5.74) is 0. The standard InChI is InChI=1S/C5H8ClO.ClH.Hg/c1-3-5(6)7-4-2;;/h4H2,1-2H3;1H;/q;;+1/p-1. The van der Waals surface area contributed by atoms with Gasteiger partial charge in [0.05, 0.1) is 0 Å². The van der Waals surface area contributed by atoms with Crippen molar-refractivity contribution in [1.82, 2.24) is 0 Å². The minimum absolute atomic E-state index is 0.522. The third-order valence-corrected chi connectivity index (χ3v) is 8.43. The van der Waals surface area contributed by atoms with Gasteiger partial charge in [0.25, 0.3) is 0 Å². The molecule has 1 nitrogen and oxygen atoms in total. The zero-order valence-corrected chi connectivity index (χ0v) is 12.6. The Morgan fingerprint density at radius 1 is 1.67 bits per heavy atom. The summed E-state index contributed by atoms with van der Waals surface area (Å²) in [5.74, 6) is 0. The van der Waals surface area contributed by atoms with Crippen LogP contribution in [0.4, 0.5) is 0 Å². The molecule has 0 bridgehead atoms. The second-order valence-corrected chi connectivity index (χ2v) is 9.47. The molecular formula is C5H8Cl2HgO. The van der Waals surface area contributed by atoms with Crippen molar-refractivity contribution in [1.29, 1.82) is 0 Å². The topological polar surface area (TPSA) is 9.23 Å². The summed E-state index contributed by atoms with van der Waals surface area (Å²) in [6.07, 6.45) is 0. The number of allylic oxidation sites excluding steroid dienone is 1. The van der Waals surface area contributed by atoms with Crippen LogP contribution in [0.2, 0.25) is 0 Å². The molecular weight excluding hydrogens is 348 g/mol. The van der Waals surface area contributed by atoms with Gasteiger partial charge >= 0.3 is 76.7 Å². The van der Waals surface area contributed by atoms with E-state index >= 15 is 0 Å². The van der Waals surface area contributed by atoms with Gasteiger partial charge in [0, 0.05) is 0 Å². The first-order valence-electron chi connectivity index (χ1n) is 2.76. The average molecular weight is 356 g/mol. The van der Waals surface area contributed by atoms with Crippen LogP contribution in [-0.4, -0.2) is 6.61 Å². The molecule has 0 aromatic rings. The molecule has 0 radical (unpaired) electrons. The van der Waals surface area contributed by atoms with Gasteiger partial charge in [-0.3, -0.25) is 0 Å². The fourth-order valence-corrected chi connectivity index (χ4v) is 3.47. The van der Waals surface area contributed by atoms with E-state index in [4.69, 9.17) is 24.6 Å². The summed E-state index contributed by atoms with van der Waals surface area (Å²) in [5, 5.41) is 0.522. The molecule has 0 fully saturated rings. The molecule has 0 aliphatic heterocycles. The van der Waals surface area contributed by atoms with Gasteiger partial charge in [0.2, 0.25) is 0 Å². The molecule has 0 saturated carbocycles. The van der Waals surface area contributed by atoms with Crippen molar-refractivity contribution >= 4 is 19.9 Å². The van der Waals surface area contributed by atoms with Crippen LogP contribution in [0.15, 0.2) is 8.30 Å². The van der Waals surface area contributed by atoms with Gasteiger partial charge in [-0.2, -0.15) is 0 Å². The Hall–Kier alpha value is 1.06. The summed E-state index contributed by atoms with van der Waals surface area (Å²) in [7, 11) is 5.68. The number of ether oxygens (including phenoxy) is 1. The Bertz CT molecular complexity index is 114. The summed E-state index contributed by atoms with van der Waals surface area (Å²) in [4.78, 5) is 0. The molecule has 0 atom stereocenters. The third kappa shape index (κ3) is 4.46. The van der Waals surface area contributed by atoms with Crippen molar-refractivity contribution in [3.05, 3.63) is 8.30 Å². The minimum atomic E-state index is -1.27. The van der Waals surface area contributed by atoms with Crippen molar-refractivity contribution in [2.45, 2.75) is 13.8 Å². The first kappa shape index (κ1) is 10.1. The molecule has 0 heterocycles. The number of halogens is 2. The molecule has 4 heteroatoms. The monoisotopic (exact) mass is 356 g/mol. The molecule has 0 aromatic heterocycles. The molecule has 0 spiro atoms. The Morgan fingerprint density at radius 3 is 2.56 bits per heavy atom. The van der Waals surface area contributed by atoms with E-state index in [0.29, 0.717) is 11.8 Å². The van der Waals surface area contributed by atoms with Gasteiger partial charge < -0.3 is 0 Å². The van der Waals surface area contributed by atoms with Crippen molar-refractivity contribution in [2.75, 3.05) is 6.61 Å². The zero-order valence-electron chi connectivity index (χ0n) is 5.58. The second kappa shape index (κ2) is 5.81. The predicted octanol–water partition coefficient (Wildman–Crippen LogP) is 2.69. The molecule has 0 amide bonds. The van der Waals surface area contributed by atoms with Crippen molar-refractivity contribution in [3.63, 3.8) is 0 Å². The van der Waals surface area contributed by atoms with Crippen LogP contribution in [0.25, 0.3) is 0 Å². The van der Waals surface area contributed by atoms with Crippen molar-refractivity contribution in [3.8, 4) is 0 Å². The molecule has 0 aliphatic carbocycles. The Morgan fingerprint density at radius 2 is 2.22 bits per heavy atom. The van der Waals surface area contributed by atoms with Gasteiger partial charge in [-0.05, 0) is 0 Å². The Labute approximate surface area is 76.2 Å². The summed E-state index contributed by atoms with van der Waals surface area (Å²) in [6.45, 7) is 4.47. The summed E-state index contributed by atoms with van der Waals surface area (Å²) in [6, 6.07) is 0. The van der Waals surface area contributed by atoms with Crippen LogP contribution in [0, 0.1) is 0 Å². The molecule has 0 rings (SSSR count). The number of hydrogen-bond donors (Lipinski definition) is 0. The number of rotatable bonds is 3. The third-order valence-electron chi connectivity index (χ3n) is 0.807. The van der Waals surface area contributed by atoms with E-state index < -0.39 is 23.3 Å². The molecule has 0 unspecified atom stereocenters. The van der Waals surface area contributed by atoms with Crippen LogP contribution < -0.4 is 0 Å². The maximum absolute atomic E-state index is 5.68. The van der Waals surface area contributed by atoms with E-state index in [0.717, 1.165) is 3.08 Å². The van der Waals surface area contributed by atoms with Gasteiger partial charge in [-0.15, -0.1) is 0 Å². The molecule has 0 saturated heterocycles. The quantitative estimate of drug-likeness (QED) is 0.559. The van der Waals surface area contributed by atoms with Crippen molar-refractivity contribution in [2.24, 2.45) is 0 Å². The summed E-state index contributed by atoms with van der Waals surface area (Å²) >= 11 is 4.39. The van der Waals surface area contributed by atoms with Gasteiger partial charge in [0.15, 0.2) is 0 Å². The summed E-state index contributed by atoms with van der Waals surface area (Å²) < 4.78 is 6.11. The molecule has 0 aliphatic rings. The van der Waals surface area contributed by atoms with Crippen LogP contribution in [0.1, 0.15) is 13.8 Å². The SMILES string of the molecule is CCO/C(Cl)=[C](/C)[Hg][Cl]. The van der Waals surface area contributed by atoms with Gasteiger partial charge in [0.1, 0.15) is 0 Å². The average Bonchev–Trinajstić information content (AvgIpc) is 1.87. The predicted molar refractivity (Wildman–Crippen MR) is 36.0 cm³/mol. The fourth-order valence-electron chi connectivity index (χ4n) is 0.302. The first-order chi connectivity index (χ1) is 4.22. The Balaban J connectivity index is 3.78.